The van der Waals surface area contributed by atoms with E-state index in [0.717, 1.165) is 4.90 Å². The van der Waals surface area contributed by atoms with Crippen LogP contribution in [0.15, 0.2) is 53.4 Å². The van der Waals surface area contributed by atoms with Crippen molar-refractivity contribution in [2.24, 2.45) is 0 Å². The Labute approximate surface area is 190 Å². The number of thioether (sulfide) groups is 1. The quantitative estimate of drug-likeness (QED) is 0.341. The highest BCUT2D eigenvalue weighted by Crippen LogP contribution is 2.28. The number of carbonyl (C=O) groups is 4. The lowest BCUT2D eigenvalue weighted by Crippen LogP contribution is -2.24. The Hall–Kier alpha value is -3.33. The number of hydrogen-bond acceptors (Lipinski definition) is 6. The van der Waals surface area contributed by atoms with Gasteiger partial charge in [-0.3, -0.25) is 14.4 Å². The van der Waals surface area contributed by atoms with Gasteiger partial charge < -0.3 is 20.5 Å². The fraction of sp³-hybridized carbons (Fsp3) is 0.304. The normalized spacial score (nSPS) is 11.3. The molecule has 2 aromatic rings. The molecular formula is C23H26N2O6S. The first kappa shape index (κ1) is 24.9. The Morgan fingerprint density at radius 3 is 2.31 bits per heavy atom. The lowest BCUT2D eigenvalue weighted by atomic mass is 10.2. The lowest BCUT2D eigenvalue weighted by molar-refractivity contribution is -0.138. The first-order chi connectivity index (χ1) is 15.3. The molecule has 3 N–H and O–H groups in total. The lowest BCUT2D eigenvalue weighted by Gasteiger charge is -2.15. The van der Waals surface area contributed by atoms with Gasteiger partial charge in [0.1, 0.15) is 0 Å². The van der Waals surface area contributed by atoms with Crippen LogP contribution in [0.2, 0.25) is 0 Å². The summed E-state index contributed by atoms with van der Waals surface area (Å²) in [4.78, 5) is 47.7. The van der Waals surface area contributed by atoms with E-state index in [1.54, 1.807) is 49.4 Å². The van der Waals surface area contributed by atoms with Crippen molar-refractivity contribution in [1.29, 1.82) is 0 Å². The zero-order valence-corrected chi connectivity index (χ0v) is 18.7. The van der Waals surface area contributed by atoms with Crippen molar-refractivity contribution in [2.45, 2.75) is 43.3 Å². The van der Waals surface area contributed by atoms with Crippen molar-refractivity contribution in [3.63, 3.8) is 0 Å². The average molecular weight is 459 g/mol. The fourth-order valence-corrected chi connectivity index (χ4v) is 3.72. The molecule has 0 aliphatic rings. The van der Waals surface area contributed by atoms with Gasteiger partial charge >= 0.3 is 11.9 Å². The minimum absolute atomic E-state index is 0.109. The molecule has 8 nitrogen and oxygen atoms in total. The number of rotatable bonds is 11. The molecule has 0 saturated carbocycles. The number of benzene rings is 2. The first-order valence-corrected chi connectivity index (χ1v) is 11.1. The van der Waals surface area contributed by atoms with Gasteiger partial charge in [0.15, 0.2) is 0 Å². The summed E-state index contributed by atoms with van der Waals surface area (Å²) in [6, 6.07) is 13.5. The van der Waals surface area contributed by atoms with E-state index in [2.05, 4.69) is 10.6 Å². The van der Waals surface area contributed by atoms with Crippen molar-refractivity contribution in [3.05, 3.63) is 54.1 Å². The van der Waals surface area contributed by atoms with Gasteiger partial charge in [-0.2, -0.15) is 0 Å². The molecule has 0 saturated heterocycles. The minimum Gasteiger partial charge on any atom is -0.481 e. The molecule has 0 fully saturated rings. The van der Waals surface area contributed by atoms with Gasteiger partial charge in [-0.05, 0) is 55.8 Å². The van der Waals surface area contributed by atoms with Crippen LogP contribution in [0.5, 0.6) is 0 Å². The van der Waals surface area contributed by atoms with Gasteiger partial charge in [-0.15, -0.1) is 11.8 Å². The van der Waals surface area contributed by atoms with Crippen LogP contribution in [0.3, 0.4) is 0 Å². The zero-order chi connectivity index (χ0) is 23.5. The SMILES string of the molecule is CCOC(=O)c1ccc(NC(=O)C(CC)Sc2cccc(NC(=O)CCC(=O)O)c2)cc1. The Balaban J connectivity index is 1.97. The molecule has 0 spiro atoms. The molecule has 0 bridgehead atoms. The monoisotopic (exact) mass is 458 g/mol. The number of aliphatic carboxylic acids is 1. The maximum Gasteiger partial charge on any atom is 0.338 e. The second-order valence-corrected chi connectivity index (χ2v) is 8.05. The molecule has 2 rings (SSSR count). The van der Waals surface area contributed by atoms with E-state index in [0.29, 0.717) is 30.0 Å². The van der Waals surface area contributed by atoms with Gasteiger partial charge in [0, 0.05) is 22.7 Å². The minimum atomic E-state index is -1.03. The highest BCUT2D eigenvalue weighted by molar-refractivity contribution is 8.00. The van der Waals surface area contributed by atoms with Gasteiger partial charge in [0.05, 0.1) is 23.8 Å². The molecular weight excluding hydrogens is 432 g/mol. The number of amides is 2. The van der Waals surface area contributed by atoms with Crippen molar-refractivity contribution in [3.8, 4) is 0 Å². The van der Waals surface area contributed by atoms with Crippen LogP contribution in [0, 0.1) is 0 Å². The predicted molar refractivity (Wildman–Crippen MR) is 123 cm³/mol. The van der Waals surface area contributed by atoms with Crippen LogP contribution in [0.1, 0.15) is 43.5 Å². The molecule has 2 aromatic carbocycles. The number of ether oxygens (including phenoxy) is 1. The number of carboxylic acids is 1. The van der Waals surface area contributed by atoms with E-state index in [4.69, 9.17) is 9.84 Å². The molecule has 9 heteroatoms. The Morgan fingerprint density at radius 1 is 0.969 bits per heavy atom. The van der Waals surface area contributed by atoms with Crippen molar-refractivity contribution < 1.29 is 29.0 Å². The maximum absolute atomic E-state index is 12.7. The second-order valence-electron chi connectivity index (χ2n) is 6.77. The summed E-state index contributed by atoms with van der Waals surface area (Å²) in [6.45, 7) is 3.93. The van der Waals surface area contributed by atoms with Crippen molar-refractivity contribution in [2.75, 3.05) is 17.2 Å². The fourth-order valence-electron chi connectivity index (χ4n) is 2.70. The first-order valence-electron chi connectivity index (χ1n) is 10.2. The molecule has 0 heterocycles. The van der Waals surface area contributed by atoms with Crippen LogP contribution < -0.4 is 10.6 Å². The summed E-state index contributed by atoms with van der Waals surface area (Å²) in [6.07, 6.45) is 0.230. The highest BCUT2D eigenvalue weighted by atomic mass is 32.2. The number of esters is 1. The van der Waals surface area contributed by atoms with Gasteiger partial charge in [0.2, 0.25) is 11.8 Å². The molecule has 0 radical (unpaired) electrons. The average Bonchev–Trinajstić information content (AvgIpc) is 2.77. The largest absolute Gasteiger partial charge is 0.481 e. The molecule has 1 atom stereocenters. The number of hydrogen-bond donors (Lipinski definition) is 3. The summed E-state index contributed by atoms with van der Waals surface area (Å²) >= 11 is 1.36. The highest BCUT2D eigenvalue weighted by Gasteiger charge is 2.19. The second kappa shape index (κ2) is 12.5. The third kappa shape index (κ3) is 8.07. The van der Waals surface area contributed by atoms with E-state index in [-0.39, 0.29) is 29.9 Å². The number of carbonyl (C=O) groups excluding carboxylic acids is 3. The Morgan fingerprint density at radius 2 is 1.69 bits per heavy atom. The summed E-state index contributed by atoms with van der Waals surface area (Å²) < 4.78 is 4.95. The topological polar surface area (TPSA) is 122 Å². The van der Waals surface area contributed by atoms with Crippen molar-refractivity contribution in [1.82, 2.24) is 0 Å². The van der Waals surface area contributed by atoms with E-state index in [1.165, 1.54) is 11.8 Å². The standard InChI is InChI=1S/C23H26N2O6S/c1-3-19(22(29)25-16-10-8-15(9-11-16)23(30)31-4-2)32-18-7-5-6-17(14-18)24-20(26)12-13-21(27)28/h5-11,14,19H,3-4,12-13H2,1-2H3,(H,24,26)(H,25,29)(H,27,28). The number of anilines is 2. The number of carboxylic acid groups (broad SMARTS) is 1. The Kier molecular flexibility index (Phi) is 9.75. The van der Waals surface area contributed by atoms with Gasteiger partial charge in [-0.25, -0.2) is 4.79 Å². The van der Waals surface area contributed by atoms with Gasteiger partial charge in [-0.1, -0.05) is 13.0 Å². The smallest absolute Gasteiger partial charge is 0.338 e. The third-order valence-electron chi connectivity index (χ3n) is 4.29. The van der Waals surface area contributed by atoms with Crippen LogP contribution in [-0.4, -0.2) is 40.7 Å². The van der Waals surface area contributed by atoms with E-state index < -0.39 is 11.9 Å². The summed E-state index contributed by atoms with van der Waals surface area (Å²) in [7, 11) is 0. The molecule has 170 valence electrons. The predicted octanol–water partition coefficient (Wildman–Crippen LogP) is 4.18. The van der Waals surface area contributed by atoms with Gasteiger partial charge in [0.25, 0.3) is 0 Å². The van der Waals surface area contributed by atoms with Crippen LogP contribution in [0.25, 0.3) is 0 Å². The third-order valence-corrected chi connectivity index (χ3v) is 5.65. The maximum atomic E-state index is 12.7. The van der Waals surface area contributed by atoms with E-state index in [9.17, 15) is 19.2 Å². The number of nitrogens with one attached hydrogen (secondary N) is 2. The molecule has 0 aliphatic carbocycles. The summed E-state index contributed by atoms with van der Waals surface area (Å²) in [5, 5.41) is 13.8. The molecule has 0 aromatic heterocycles. The van der Waals surface area contributed by atoms with E-state index >= 15 is 0 Å². The Bertz CT molecular complexity index is 961. The molecule has 0 aliphatic heterocycles. The van der Waals surface area contributed by atoms with E-state index in [1.807, 2.05) is 13.0 Å². The van der Waals surface area contributed by atoms with Crippen LogP contribution >= 0.6 is 11.8 Å². The summed E-state index contributed by atoms with van der Waals surface area (Å²) in [5.74, 6) is -2.01. The van der Waals surface area contributed by atoms with Crippen molar-refractivity contribution >= 4 is 46.9 Å². The zero-order valence-electron chi connectivity index (χ0n) is 17.9. The summed E-state index contributed by atoms with van der Waals surface area (Å²) in [5.41, 5.74) is 1.52. The van der Waals surface area contributed by atoms with Crippen LogP contribution in [-0.2, 0) is 19.1 Å². The molecule has 1 unspecified atom stereocenters. The molecule has 2 amide bonds. The molecule has 32 heavy (non-hydrogen) atoms. The van der Waals surface area contributed by atoms with Crippen LogP contribution in [0.4, 0.5) is 11.4 Å².